The average molecular weight is 222 g/mol. The van der Waals surface area contributed by atoms with Crippen LogP contribution in [0, 0.1) is 22.7 Å². The molecular weight excluding hydrogens is 192 g/mol. The molecule has 0 aliphatic heterocycles. The van der Waals surface area contributed by atoms with Gasteiger partial charge in [0, 0.05) is 0 Å². The largest absolute Gasteiger partial charge is 0.0805 e. The summed E-state index contributed by atoms with van der Waals surface area (Å²) in [4.78, 5) is 0. The summed E-state index contributed by atoms with van der Waals surface area (Å²) in [6.07, 6.45) is 6.36. The summed E-state index contributed by atoms with van der Waals surface area (Å²) in [6, 6.07) is 0. The third-order valence-corrected chi connectivity index (χ3v) is 5.64. The summed E-state index contributed by atoms with van der Waals surface area (Å²) in [5.74, 6) is 1.62. The molecule has 0 amide bonds. The van der Waals surface area contributed by atoms with Crippen LogP contribution in [0.15, 0.2) is 11.6 Å². The Morgan fingerprint density at radius 2 is 1.88 bits per heavy atom. The minimum atomic E-state index is 0.432. The zero-order chi connectivity index (χ0) is 12.6. The van der Waals surface area contributed by atoms with Crippen LogP contribution in [0.1, 0.15) is 67.7 Å². The molecular formula is C16H30. The van der Waals surface area contributed by atoms with Crippen LogP contribution in [-0.2, 0) is 0 Å². The molecule has 0 bridgehead atoms. The van der Waals surface area contributed by atoms with Crippen molar-refractivity contribution in [1.29, 1.82) is 0 Å². The molecule has 0 aromatic carbocycles. The van der Waals surface area contributed by atoms with Crippen LogP contribution in [-0.4, -0.2) is 0 Å². The Balaban J connectivity index is 3.04. The Hall–Kier alpha value is -0.260. The molecule has 0 heteroatoms. The number of hydrogen-bond donors (Lipinski definition) is 0. The molecule has 0 saturated carbocycles. The lowest BCUT2D eigenvalue weighted by Crippen LogP contribution is -2.50. The maximum atomic E-state index is 2.56. The van der Waals surface area contributed by atoms with Crippen molar-refractivity contribution in [3.05, 3.63) is 11.6 Å². The standard InChI is InChI=1S/C16H30/c1-8-12(4)14-11-13(9-2)16(14,7)15(5,6)10-3/h11-12,14H,8-10H2,1-7H3. The molecule has 0 saturated heterocycles. The van der Waals surface area contributed by atoms with Crippen molar-refractivity contribution >= 4 is 0 Å². The fourth-order valence-electron chi connectivity index (χ4n) is 3.40. The molecule has 0 aromatic rings. The van der Waals surface area contributed by atoms with Gasteiger partial charge in [-0.1, -0.05) is 73.0 Å². The second-order valence-electron chi connectivity index (χ2n) is 6.40. The minimum absolute atomic E-state index is 0.432. The lowest BCUT2D eigenvalue weighted by atomic mass is 9.46. The van der Waals surface area contributed by atoms with Gasteiger partial charge in [0.05, 0.1) is 0 Å². The van der Waals surface area contributed by atoms with E-state index in [1.165, 1.54) is 19.3 Å². The monoisotopic (exact) mass is 222 g/mol. The normalized spacial score (nSPS) is 31.9. The van der Waals surface area contributed by atoms with Crippen LogP contribution in [0.5, 0.6) is 0 Å². The molecule has 16 heavy (non-hydrogen) atoms. The maximum absolute atomic E-state index is 2.56. The predicted octanol–water partition coefficient (Wildman–Crippen LogP) is 5.44. The SMILES string of the molecule is CCC1=CC(C(C)CC)C1(C)C(C)(C)CC. The van der Waals surface area contributed by atoms with Crippen molar-refractivity contribution in [2.75, 3.05) is 0 Å². The van der Waals surface area contributed by atoms with Gasteiger partial charge in [-0.05, 0) is 29.1 Å². The lowest BCUT2D eigenvalue weighted by molar-refractivity contribution is 0.0183. The molecule has 94 valence electrons. The highest BCUT2D eigenvalue weighted by atomic mass is 14.6. The van der Waals surface area contributed by atoms with Crippen molar-refractivity contribution in [3.8, 4) is 0 Å². The molecule has 0 radical (unpaired) electrons. The van der Waals surface area contributed by atoms with E-state index in [1.807, 2.05) is 0 Å². The van der Waals surface area contributed by atoms with Crippen molar-refractivity contribution < 1.29 is 0 Å². The number of allylic oxidation sites excluding steroid dienone is 2. The molecule has 1 aliphatic rings. The van der Waals surface area contributed by atoms with E-state index in [2.05, 4.69) is 54.5 Å². The van der Waals surface area contributed by atoms with Crippen molar-refractivity contribution in [2.24, 2.45) is 22.7 Å². The van der Waals surface area contributed by atoms with Gasteiger partial charge in [-0.25, -0.2) is 0 Å². The second kappa shape index (κ2) is 4.55. The van der Waals surface area contributed by atoms with E-state index < -0.39 is 0 Å². The van der Waals surface area contributed by atoms with E-state index in [0.29, 0.717) is 10.8 Å². The van der Waals surface area contributed by atoms with Gasteiger partial charge in [0.1, 0.15) is 0 Å². The molecule has 0 fully saturated rings. The zero-order valence-corrected chi connectivity index (χ0v) is 12.4. The Bertz CT molecular complexity index is 272. The van der Waals surface area contributed by atoms with Gasteiger partial charge in [-0.2, -0.15) is 0 Å². The number of rotatable bonds is 5. The Labute approximate surface area is 103 Å². The van der Waals surface area contributed by atoms with Crippen LogP contribution in [0.2, 0.25) is 0 Å². The van der Waals surface area contributed by atoms with Gasteiger partial charge in [-0.15, -0.1) is 0 Å². The second-order valence-corrected chi connectivity index (χ2v) is 6.40. The van der Waals surface area contributed by atoms with Crippen molar-refractivity contribution in [3.63, 3.8) is 0 Å². The minimum Gasteiger partial charge on any atom is -0.0805 e. The van der Waals surface area contributed by atoms with E-state index >= 15 is 0 Å². The van der Waals surface area contributed by atoms with Gasteiger partial charge >= 0.3 is 0 Å². The van der Waals surface area contributed by atoms with Crippen molar-refractivity contribution in [1.82, 2.24) is 0 Å². The lowest BCUT2D eigenvalue weighted by Gasteiger charge is -2.58. The Morgan fingerprint density at radius 3 is 2.25 bits per heavy atom. The molecule has 1 rings (SSSR count). The third-order valence-electron chi connectivity index (χ3n) is 5.64. The smallest absolute Gasteiger partial charge is 0.00000398 e. The molecule has 0 N–H and O–H groups in total. The van der Waals surface area contributed by atoms with E-state index in [4.69, 9.17) is 0 Å². The fraction of sp³-hybridized carbons (Fsp3) is 0.875. The first-order valence-electron chi connectivity index (χ1n) is 7.06. The molecule has 3 atom stereocenters. The van der Waals surface area contributed by atoms with Gasteiger partial charge < -0.3 is 0 Å². The van der Waals surface area contributed by atoms with Gasteiger partial charge in [-0.3, -0.25) is 0 Å². The van der Waals surface area contributed by atoms with Crippen LogP contribution < -0.4 is 0 Å². The van der Waals surface area contributed by atoms with E-state index in [9.17, 15) is 0 Å². The summed E-state index contributed by atoms with van der Waals surface area (Å²) >= 11 is 0. The van der Waals surface area contributed by atoms with Crippen molar-refractivity contribution in [2.45, 2.75) is 67.7 Å². The Kier molecular flexibility index (Phi) is 3.92. The summed E-state index contributed by atoms with van der Waals surface area (Å²) in [5, 5.41) is 0. The van der Waals surface area contributed by atoms with Gasteiger partial charge in [0.25, 0.3) is 0 Å². The zero-order valence-electron chi connectivity index (χ0n) is 12.4. The number of hydrogen-bond acceptors (Lipinski definition) is 0. The van der Waals surface area contributed by atoms with Crippen LogP contribution in [0.4, 0.5) is 0 Å². The van der Waals surface area contributed by atoms with Crippen LogP contribution in [0.3, 0.4) is 0 Å². The van der Waals surface area contributed by atoms with Crippen LogP contribution in [0.25, 0.3) is 0 Å². The topological polar surface area (TPSA) is 0 Å². The van der Waals surface area contributed by atoms with Crippen LogP contribution >= 0.6 is 0 Å². The van der Waals surface area contributed by atoms with E-state index in [1.54, 1.807) is 5.57 Å². The quantitative estimate of drug-likeness (QED) is 0.543. The fourth-order valence-corrected chi connectivity index (χ4v) is 3.40. The first kappa shape index (κ1) is 13.8. The van der Waals surface area contributed by atoms with Gasteiger partial charge in [0.2, 0.25) is 0 Å². The highest BCUT2D eigenvalue weighted by Gasteiger charge is 2.53. The average Bonchev–Trinajstić information content (AvgIpc) is 2.26. The highest BCUT2D eigenvalue weighted by Crippen LogP contribution is 2.61. The highest BCUT2D eigenvalue weighted by molar-refractivity contribution is 5.32. The predicted molar refractivity (Wildman–Crippen MR) is 73.5 cm³/mol. The molecule has 0 heterocycles. The van der Waals surface area contributed by atoms with E-state index in [-0.39, 0.29) is 0 Å². The first-order chi connectivity index (χ1) is 7.35. The molecule has 1 aliphatic carbocycles. The maximum Gasteiger partial charge on any atom is -0.00000398 e. The van der Waals surface area contributed by atoms with Gasteiger partial charge in [0.15, 0.2) is 0 Å². The summed E-state index contributed by atoms with van der Waals surface area (Å²) < 4.78 is 0. The molecule has 3 unspecified atom stereocenters. The Morgan fingerprint density at radius 1 is 1.31 bits per heavy atom. The van der Waals surface area contributed by atoms with E-state index in [0.717, 1.165) is 11.8 Å². The molecule has 0 aromatic heterocycles. The third kappa shape index (κ3) is 1.75. The summed E-state index contributed by atoms with van der Waals surface area (Å²) in [6.45, 7) is 16.8. The molecule has 0 nitrogen and oxygen atoms in total. The first-order valence-corrected chi connectivity index (χ1v) is 7.06. The molecule has 0 spiro atoms. The summed E-state index contributed by atoms with van der Waals surface area (Å²) in [5.41, 5.74) is 2.57. The summed E-state index contributed by atoms with van der Waals surface area (Å²) in [7, 11) is 0.